The molecule has 7 nitrogen and oxygen atoms in total. The van der Waals surface area contributed by atoms with Crippen molar-refractivity contribution in [3.63, 3.8) is 0 Å². The number of amides is 1. The van der Waals surface area contributed by atoms with Gasteiger partial charge in [0, 0.05) is 25.4 Å². The highest BCUT2D eigenvalue weighted by Crippen LogP contribution is 2.27. The average molecular weight is 492 g/mol. The normalized spacial score (nSPS) is 11.2. The molecule has 3 aromatic carbocycles. The van der Waals surface area contributed by atoms with E-state index < -0.39 is 0 Å². The van der Waals surface area contributed by atoms with Gasteiger partial charge in [0.15, 0.2) is 5.65 Å². The predicted molar refractivity (Wildman–Crippen MR) is 145 cm³/mol. The summed E-state index contributed by atoms with van der Waals surface area (Å²) in [4.78, 5) is 30.1. The van der Waals surface area contributed by atoms with Crippen molar-refractivity contribution in [3.05, 3.63) is 124 Å². The zero-order valence-corrected chi connectivity index (χ0v) is 20.7. The van der Waals surface area contributed by atoms with Crippen molar-refractivity contribution >= 4 is 16.9 Å². The second-order valence-corrected chi connectivity index (χ2v) is 9.13. The second-order valence-electron chi connectivity index (χ2n) is 9.13. The summed E-state index contributed by atoms with van der Waals surface area (Å²) in [5.41, 5.74) is 4.73. The van der Waals surface area contributed by atoms with Crippen molar-refractivity contribution in [2.75, 3.05) is 6.54 Å². The van der Waals surface area contributed by atoms with Crippen molar-refractivity contribution in [1.82, 2.24) is 24.6 Å². The first kappa shape index (κ1) is 24.2. The molecule has 0 atom stereocenters. The fraction of sp³-hybridized carbons (Fsp3) is 0.200. The van der Waals surface area contributed by atoms with Crippen LogP contribution in [0.1, 0.15) is 35.4 Å². The Labute approximate surface area is 215 Å². The number of aromatic nitrogens is 4. The van der Waals surface area contributed by atoms with Crippen molar-refractivity contribution in [2.24, 2.45) is 0 Å². The van der Waals surface area contributed by atoms with E-state index in [0.29, 0.717) is 17.6 Å². The minimum absolute atomic E-state index is 0.0952. The van der Waals surface area contributed by atoms with E-state index in [2.05, 4.69) is 39.7 Å². The Kier molecular flexibility index (Phi) is 7.21. The molecule has 2 aromatic heterocycles. The van der Waals surface area contributed by atoms with Crippen LogP contribution in [-0.2, 0) is 11.3 Å². The summed E-state index contributed by atoms with van der Waals surface area (Å²) < 4.78 is 3.13. The summed E-state index contributed by atoms with van der Waals surface area (Å²) in [6.45, 7) is 2.82. The zero-order valence-electron chi connectivity index (χ0n) is 20.7. The van der Waals surface area contributed by atoms with Crippen LogP contribution in [0.5, 0.6) is 0 Å². The van der Waals surface area contributed by atoms with Gasteiger partial charge in [-0.1, -0.05) is 78.4 Å². The molecular weight excluding hydrogens is 462 g/mol. The minimum Gasteiger partial charge on any atom is -0.356 e. The molecule has 0 spiro atoms. The maximum absolute atomic E-state index is 13.0. The molecule has 37 heavy (non-hydrogen) atoms. The highest BCUT2D eigenvalue weighted by atomic mass is 16.1. The Morgan fingerprint density at radius 1 is 0.919 bits per heavy atom. The van der Waals surface area contributed by atoms with Gasteiger partial charge in [-0.2, -0.15) is 5.10 Å². The van der Waals surface area contributed by atoms with Gasteiger partial charge in [0.1, 0.15) is 5.39 Å². The van der Waals surface area contributed by atoms with Gasteiger partial charge < -0.3 is 5.32 Å². The maximum Gasteiger partial charge on any atom is 0.264 e. The number of carbonyl (C=O) groups excluding carboxylic acids is 1. The summed E-state index contributed by atoms with van der Waals surface area (Å²) in [6, 6.07) is 28.5. The smallest absolute Gasteiger partial charge is 0.264 e. The largest absolute Gasteiger partial charge is 0.356 e. The first-order valence-electron chi connectivity index (χ1n) is 12.5. The SMILES string of the molecule is Cc1ccc(-n2ncc3c(=O)n(CCC(=O)NCCC(c4ccccc4)c4ccccc4)cnc32)cc1. The summed E-state index contributed by atoms with van der Waals surface area (Å²) in [6.07, 6.45) is 4.01. The summed E-state index contributed by atoms with van der Waals surface area (Å²) >= 11 is 0. The summed E-state index contributed by atoms with van der Waals surface area (Å²) in [5, 5.41) is 7.81. The molecule has 0 fully saturated rings. The van der Waals surface area contributed by atoms with Crippen LogP contribution in [0, 0.1) is 6.92 Å². The van der Waals surface area contributed by atoms with Gasteiger partial charge in [0.2, 0.25) is 5.91 Å². The van der Waals surface area contributed by atoms with Crippen molar-refractivity contribution < 1.29 is 4.79 Å². The van der Waals surface area contributed by atoms with Crippen molar-refractivity contribution in [2.45, 2.75) is 32.2 Å². The van der Waals surface area contributed by atoms with E-state index in [9.17, 15) is 9.59 Å². The highest BCUT2D eigenvalue weighted by Gasteiger charge is 2.15. The van der Waals surface area contributed by atoms with Crippen LogP contribution in [0.2, 0.25) is 0 Å². The molecule has 0 saturated heterocycles. The van der Waals surface area contributed by atoms with Crippen molar-refractivity contribution in [1.29, 1.82) is 0 Å². The first-order valence-corrected chi connectivity index (χ1v) is 12.5. The quantitative estimate of drug-likeness (QED) is 0.326. The molecule has 5 aromatic rings. The molecule has 0 aliphatic rings. The summed E-state index contributed by atoms with van der Waals surface area (Å²) in [5.74, 6) is 0.101. The molecule has 1 N–H and O–H groups in total. The van der Waals surface area contributed by atoms with E-state index in [4.69, 9.17) is 0 Å². The number of hydrogen-bond acceptors (Lipinski definition) is 4. The molecule has 1 amide bonds. The number of benzene rings is 3. The summed E-state index contributed by atoms with van der Waals surface area (Å²) in [7, 11) is 0. The number of aryl methyl sites for hydroxylation is 2. The third-order valence-corrected chi connectivity index (χ3v) is 6.57. The van der Waals surface area contributed by atoms with Crippen LogP contribution in [0.3, 0.4) is 0 Å². The number of fused-ring (bicyclic) bond motifs is 1. The Balaban J connectivity index is 1.21. The van der Waals surface area contributed by atoms with Gasteiger partial charge >= 0.3 is 0 Å². The van der Waals surface area contributed by atoms with Crippen LogP contribution in [0.25, 0.3) is 16.7 Å². The molecule has 7 heteroatoms. The number of nitrogens with one attached hydrogen (secondary N) is 1. The molecule has 5 rings (SSSR count). The number of hydrogen-bond donors (Lipinski definition) is 1. The lowest BCUT2D eigenvalue weighted by Crippen LogP contribution is -2.29. The van der Waals surface area contributed by atoms with E-state index in [-0.39, 0.29) is 30.3 Å². The standard InChI is InChI=1S/C30H29N5O2/c1-22-12-14-25(15-13-22)35-29-27(20-33-35)30(37)34(21-32-29)19-17-28(36)31-18-16-26(23-8-4-2-5-9-23)24-10-6-3-7-11-24/h2-15,20-21,26H,16-19H2,1H3,(H,31,36). The van der Waals surface area contributed by atoms with Crippen LogP contribution < -0.4 is 10.9 Å². The maximum atomic E-state index is 13.0. The van der Waals surface area contributed by atoms with Crippen LogP contribution >= 0.6 is 0 Å². The van der Waals surface area contributed by atoms with E-state index >= 15 is 0 Å². The van der Waals surface area contributed by atoms with Crippen LogP contribution in [-0.4, -0.2) is 31.8 Å². The van der Waals surface area contributed by atoms with Gasteiger partial charge in [-0.15, -0.1) is 0 Å². The molecule has 0 saturated carbocycles. The van der Waals surface area contributed by atoms with E-state index in [1.165, 1.54) is 28.2 Å². The third-order valence-electron chi connectivity index (χ3n) is 6.57. The topological polar surface area (TPSA) is 81.8 Å². The third kappa shape index (κ3) is 5.51. The van der Waals surface area contributed by atoms with Gasteiger partial charge in [-0.3, -0.25) is 14.2 Å². The molecule has 0 aliphatic carbocycles. The van der Waals surface area contributed by atoms with Crippen LogP contribution in [0.15, 0.2) is 102 Å². The zero-order chi connectivity index (χ0) is 25.6. The average Bonchev–Trinajstić information content (AvgIpc) is 3.37. The molecule has 0 bridgehead atoms. The molecular formula is C30H29N5O2. The first-order chi connectivity index (χ1) is 18.1. The molecule has 2 heterocycles. The van der Waals surface area contributed by atoms with Gasteiger partial charge in [-0.05, 0) is 36.6 Å². The van der Waals surface area contributed by atoms with Gasteiger partial charge in [-0.25, -0.2) is 9.67 Å². The fourth-order valence-corrected chi connectivity index (χ4v) is 4.55. The molecule has 186 valence electrons. The fourth-order valence-electron chi connectivity index (χ4n) is 4.55. The van der Waals surface area contributed by atoms with E-state index in [1.54, 1.807) is 4.68 Å². The Bertz CT molecular complexity index is 1500. The lowest BCUT2D eigenvalue weighted by atomic mass is 9.88. The Hall–Kier alpha value is -4.52. The predicted octanol–water partition coefficient (Wildman–Crippen LogP) is 4.62. The molecule has 0 unspecified atom stereocenters. The molecule has 0 radical (unpaired) electrons. The Morgan fingerprint density at radius 3 is 2.22 bits per heavy atom. The lowest BCUT2D eigenvalue weighted by molar-refractivity contribution is -0.121. The number of nitrogens with zero attached hydrogens (tertiary/aromatic N) is 4. The van der Waals surface area contributed by atoms with Gasteiger partial charge in [0.05, 0.1) is 18.2 Å². The highest BCUT2D eigenvalue weighted by molar-refractivity contribution is 5.76. The second kappa shape index (κ2) is 11.0. The minimum atomic E-state index is -0.204. The molecule has 0 aliphatic heterocycles. The van der Waals surface area contributed by atoms with E-state index in [1.807, 2.05) is 67.6 Å². The van der Waals surface area contributed by atoms with E-state index in [0.717, 1.165) is 17.7 Å². The number of carbonyl (C=O) groups is 1. The number of rotatable bonds is 9. The monoisotopic (exact) mass is 491 g/mol. The lowest BCUT2D eigenvalue weighted by Gasteiger charge is -2.18. The van der Waals surface area contributed by atoms with Crippen LogP contribution in [0.4, 0.5) is 0 Å². The van der Waals surface area contributed by atoms with Crippen molar-refractivity contribution in [3.8, 4) is 5.69 Å². The van der Waals surface area contributed by atoms with Gasteiger partial charge in [0.25, 0.3) is 5.56 Å². The Morgan fingerprint density at radius 2 is 1.57 bits per heavy atom.